The Bertz CT molecular complexity index is 518. The van der Waals surface area contributed by atoms with Crippen LogP contribution in [0, 0.1) is 5.92 Å². The summed E-state index contributed by atoms with van der Waals surface area (Å²) in [4.78, 5) is 13.4. The fourth-order valence-corrected chi connectivity index (χ4v) is 4.23. The summed E-state index contributed by atoms with van der Waals surface area (Å²) in [6, 6.07) is -0.452. The molecule has 0 radical (unpaired) electrons. The van der Waals surface area contributed by atoms with E-state index >= 15 is 0 Å². The summed E-state index contributed by atoms with van der Waals surface area (Å²) in [6.07, 6.45) is 2.75. The lowest BCUT2D eigenvalue weighted by Crippen LogP contribution is -2.57. The maximum absolute atomic E-state index is 13.4. The number of piperidine rings is 1. The van der Waals surface area contributed by atoms with Crippen molar-refractivity contribution >= 4 is 15.9 Å². The van der Waals surface area contributed by atoms with Gasteiger partial charge in [-0.2, -0.15) is 0 Å². The number of nitrogens with zero attached hydrogens (tertiary/aromatic N) is 1. The maximum atomic E-state index is 13.4. The SMILES string of the molecule is CC1CN(C(=O)NCC2(S(C)(=O)=O)CCC2)CCC1(F)F. The topological polar surface area (TPSA) is 66.5 Å². The third-order valence-corrected chi connectivity index (χ3v) is 6.96. The minimum absolute atomic E-state index is 0.00491. The first-order valence-electron chi connectivity index (χ1n) is 7.18. The summed E-state index contributed by atoms with van der Waals surface area (Å²) in [7, 11) is -3.24. The van der Waals surface area contributed by atoms with Crippen molar-refractivity contribution in [3.05, 3.63) is 0 Å². The van der Waals surface area contributed by atoms with E-state index in [9.17, 15) is 22.0 Å². The summed E-state index contributed by atoms with van der Waals surface area (Å²) >= 11 is 0. The zero-order valence-corrected chi connectivity index (χ0v) is 13.2. The van der Waals surface area contributed by atoms with Gasteiger partial charge < -0.3 is 10.2 Å². The summed E-state index contributed by atoms with van der Waals surface area (Å²) < 4.78 is 49.5. The molecule has 8 heteroatoms. The number of likely N-dealkylation sites (tertiary alicyclic amines) is 1. The molecule has 0 spiro atoms. The molecular weight excluding hydrogens is 302 g/mol. The van der Waals surface area contributed by atoms with Crippen molar-refractivity contribution in [2.45, 2.75) is 43.3 Å². The Kier molecular flexibility index (Phi) is 4.21. The van der Waals surface area contributed by atoms with Crippen molar-refractivity contribution in [3.63, 3.8) is 0 Å². The van der Waals surface area contributed by atoms with E-state index in [1.165, 1.54) is 18.1 Å². The van der Waals surface area contributed by atoms with Gasteiger partial charge in [0.2, 0.25) is 0 Å². The first-order chi connectivity index (χ1) is 9.57. The average Bonchev–Trinajstić information content (AvgIpc) is 2.29. The molecule has 1 N–H and O–H groups in total. The molecule has 1 heterocycles. The van der Waals surface area contributed by atoms with E-state index in [4.69, 9.17) is 0 Å². The van der Waals surface area contributed by atoms with E-state index in [2.05, 4.69) is 5.32 Å². The molecule has 1 aliphatic heterocycles. The maximum Gasteiger partial charge on any atom is 0.317 e. The second kappa shape index (κ2) is 5.37. The van der Waals surface area contributed by atoms with Crippen molar-refractivity contribution in [2.24, 2.45) is 5.92 Å². The van der Waals surface area contributed by atoms with Gasteiger partial charge in [0.15, 0.2) is 9.84 Å². The number of urea groups is 1. The van der Waals surface area contributed by atoms with E-state index in [1.54, 1.807) is 0 Å². The molecule has 1 unspecified atom stereocenters. The number of alkyl halides is 2. The van der Waals surface area contributed by atoms with Crippen LogP contribution in [0.3, 0.4) is 0 Å². The smallest absolute Gasteiger partial charge is 0.317 e. The molecule has 2 fully saturated rings. The van der Waals surface area contributed by atoms with Gasteiger partial charge >= 0.3 is 6.03 Å². The van der Waals surface area contributed by atoms with Gasteiger partial charge in [-0.3, -0.25) is 0 Å². The van der Waals surface area contributed by atoms with Gasteiger partial charge in [0.25, 0.3) is 5.92 Å². The summed E-state index contributed by atoms with van der Waals surface area (Å²) in [5, 5.41) is 2.61. The molecule has 0 bridgehead atoms. The van der Waals surface area contributed by atoms with Gasteiger partial charge in [0.1, 0.15) is 0 Å². The average molecular weight is 324 g/mol. The first kappa shape index (κ1) is 16.5. The molecule has 1 atom stereocenters. The summed E-state index contributed by atoms with van der Waals surface area (Å²) in [5.74, 6) is -3.62. The number of halogens is 2. The lowest BCUT2D eigenvalue weighted by Gasteiger charge is -2.41. The molecule has 0 aromatic rings. The van der Waals surface area contributed by atoms with Crippen molar-refractivity contribution in [3.8, 4) is 0 Å². The Morgan fingerprint density at radius 3 is 2.38 bits per heavy atom. The third kappa shape index (κ3) is 3.14. The quantitative estimate of drug-likeness (QED) is 0.858. The predicted molar refractivity (Wildman–Crippen MR) is 75.1 cm³/mol. The highest BCUT2D eigenvalue weighted by Gasteiger charge is 2.47. The number of rotatable bonds is 3. The van der Waals surface area contributed by atoms with Crippen LogP contribution in [-0.2, 0) is 9.84 Å². The van der Waals surface area contributed by atoms with E-state index in [1.807, 2.05) is 0 Å². The Balaban J connectivity index is 1.91. The largest absolute Gasteiger partial charge is 0.336 e. The fraction of sp³-hybridized carbons (Fsp3) is 0.923. The molecule has 2 rings (SSSR count). The lowest BCUT2D eigenvalue weighted by atomic mass is 9.84. The minimum Gasteiger partial charge on any atom is -0.336 e. The second-order valence-electron chi connectivity index (χ2n) is 6.33. The number of amides is 2. The predicted octanol–water partition coefficient (Wildman–Crippen LogP) is 1.64. The molecule has 1 aliphatic carbocycles. The summed E-state index contributed by atoms with van der Waals surface area (Å²) in [6.45, 7) is 1.47. The molecule has 1 saturated carbocycles. The van der Waals surface area contributed by atoms with Crippen LogP contribution in [0.2, 0.25) is 0 Å². The van der Waals surface area contributed by atoms with Gasteiger partial charge in [-0.1, -0.05) is 13.3 Å². The molecule has 2 aliphatic rings. The molecule has 5 nitrogen and oxygen atoms in total. The van der Waals surface area contributed by atoms with Crippen LogP contribution in [0.15, 0.2) is 0 Å². The molecule has 0 aromatic carbocycles. The van der Waals surface area contributed by atoms with Gasteiger partial charge in [0, 0.05) is 38.2 Å². The summed E-state index contributed by atoms with van der Waals surface area (Å²) in [5.41, 5.74) is 0. The lowest BCUT2D eigenvalue weighted by molar-refractivity contribution is -0.0907. The van der Waals surface area contributed by atoms with Gasteiger partial charge in [-0.25, -0.2) is 22.0 Å². The molecular formula is C13H22F2N2O3S. The van der Waals surface area contributed by atoms with Gasteiger partial charge in [-0.15, -0.1) is 0 Å². The molecule has 122 valence electrons. The van der Waals surface area contributed by atoms with Crippen LogP contribution in [0.1, 0.15) is 32.6 Å². The van der Waals surface area contributed by atoms with Crippen LogP contribution in [0.25, 0.3) is 0 Å². The van der Waals surface area contributed by atoms with E-state index < -0.39 is 32.5 Å². The van der Waals surface area contributed by atoms with Crippen molar-refractivity contribution in [1.82, 2.24) is 10.2 Å². The fourth-order valence-electron chi connectivity index (χ4n) is 2.87. The monoisotopic (exact) mass is 324 g/mol. The first-order valence-corrected chi connectivity index (χ1v) is 9.07. The van der Waals surface area contributed by atoms with Gasteiger partial charge in [0.05, 0.1) is 4.75 Å². The van der Waals surface area contributed by atoms with Crippen LogP contribution >= 0.6 is 0 Å². The highest BCUT2D eigenvalue weighted by molar-refractivity contribution is 7.92. The Morgan fingerprint density at radius 2 is 1.95 bits per heavy atom. The Labute approximate surface area is 124 Å². The standard InChI is InChI=1S/C13H22F2N2O3S/c1-10-8-17(7-6-13(10,14)15)11(18)16-9-12(4-3-5-12)21(2,19)20/h10H,3-9H2,1-2H3,(H,16,18). The number of hydrogen-bond donors (Lipinski definition) is 1. The number of carbonyl (C=O) groups excluding carboxylic acids is 1. The second-order valence-corrected chi connectivity index (χ2v) is 8.74. The zero-order valence-electron chi connectivity index (χ0n) is 12.4. The van der Waals surface area contributed by atoms with Crippen LogP contribution in [-0.4, -0.2) is 55.9 Å². The minimum atomic E-state index is -3.24. The highest BCUT2D eigenvalue weighted by atomic mass is 32.2. The molecule has 1 saturated heterocycles. The van der Waals surface area contributed by atoms with Crippen molar-refractivity contribution in [2.75, 3.05) is 25.9 Å². The zero-order chi connectivity index (χ0) is 15.9. The number of sulfone groups is 1. The molecule has 21 heavy (non-hydrogen) atoms. The highest BCUT2D eigenvalue weighted by Crippen LogP contribution is 2.38. The van der Waals surface area contributed by atoms with E-state index in [0.29, 0.717) is 12.8 Å². The van der Waals surface area contributed by atoms with E-state index in [-0.39, 0.29) is 26.1 Å². The third-order valence-electron chi connectivity index (χ3n) is 4.83. The van der Waals surface area contributed by atoms with E-state index in [0.717, 1.165) is 6.42 Å². The Morgan fingerprint density at radius 1 is 1.33 bits per heavy atom. The number of hydrogen-bond acceptors (Lipinski definition) is 3. The van der Waals surface area contributed by atoms with Crippen molar-refractivity contribution < 1.29 is 22.0 Å². The van der Waals surface area contributed by atoms with Gasteiger partial charge in [-0.05, 0) is 12.8 Å². The van der Waals surface area contributed by atoms with Crippen LogP contribution in [0.4, 0.5) is 13.6 Å². The number of nitrogens with one attached hydrogen (secondary N) is 1. The van der Waals surface area contributed by atoms with Crippen LogP contribution < -0.4 is 5.32 Å². The molecule has 2 amide bonds. The van der Waals surface area contributed by atoms with Crippen LogP contribution in [0.5, 0.6) is 0 Å². The Hall–Kier alpha value is -0.920. The number of carbonyl (C=O) groups is 1. The molecule has 0 aromatic heterocycles. The van der Waals surface area contributed by atoms with Crippen molar-refractivity contribution in [1.29, 1.82) is 0 Å². The normalized spacial score (nSPS) is 27.8.